The first-order chi connectivity index (χ1) is 9.43. The number of benzene rings is 2. The molecule has 0 aliphatic heterocycles. The van der Waals surface area contributed by atoms with Crippen molar-refractivity contribution in [2.24, 2.45) is 0 Å². The number of aryl methyl sites for hydroxylation is 1. The van der Waals surface area contributed by atoms with E-state index in [9.17, 15) is 14.7 Å². The smallest absolute Gasteiger partial charge is 0.164 e. The summed E-state index contributed by atoms with van der Waals surface area (Å²) in [5, 5.41) is 10.1. The number of carbonyl (C=O) groups excluding carboxylic acids is 2. The van der Waals surface area contributed by atoms with Gasteiger partial charge in [-0.3, -0.25) is 9.59 Å². The number of ketones is 2. The van der Waals surface area contributed by atoms with Crippen LogP contribution in [0.1, 0.15) is 40.1 Å². The first-order valence-corrected chi connectivity index (χ1v) is 6.37. The van der Waals surface area contributed by atoms with Crippen LogP contribution in [0.5, 0.6) is 5.75 Å². The minimum atomic E-state index is -0.260. The van der Waals surface area contributed by atoms with Crippen molar-refractivity contribution in [3.8, 4) is 16.9 Å². The highest BCUT2D eigenvalue weighted by molar-refractivity contribution is 6.11. The van der Waals surface area contributed by atoms with Gasteiger partial charge in [-0.05, 0) is 38.0 Å². The normalized spacial score (nSPS) is 10.3. The van der Waals surface area contributed by atoms with Crippen LogP contribution in [0.3, 0.4) is 0 Å². The van der Waals surface area contributed by atoms with Crippen molar-refractivity contribution < 1.29 is 14.7 Å². The van der Waals surface area contributed by atoms with Crippen LogP contribution in [0.2, 0.25) is 0 Å². The van der Waals surface area contributed by atoms with Crippen LogP contribution in [-0.2, 0) is 0 Å². The summed E-state index contributed by atoms with van der Waals surface area (Å²) in [5.74, 6) is -0.466. The molecule has 0 heterocycles. The van der Waals surface area contributed by atoms with Gasteiger partial charge in [-0.1, -0.05) is 30.3 Å². The Labute approximate surface area is 117 Å². The molecule has 0 bridgehead atoms. The zero-order valence-corrected chi connectivity index (χ0v) is 11.7. The van der Waals surface area contributed by atoms with Crippen LogP contribution in [0.15, 0.2) is 36.4 Å². The van der Waals surface area contributed by atoms with Crippen molar-refractivity contribution >= 4 is 11.6 Å². The Morgan fingerprint density at radius 2 is 1.50 bits per heavy atom. The summed E-state index contributed by atoms with van der Waals surface area (Å²) in [4.78, 5) is 23.8. The largest absolute Gasteiger partial charge is 0.507 e. The molecule has 2 rings (SSSR count). The maximum atomic E-state index is 12.0. The molecule has 102 valence electrons. The van der Waals surface area contributed by atoms with E-state index in [1.165, 1.54) is 19.9 Å². The Balaban J connectivity index is 2.94. The highest BCUT2D eigenvalue weighted by Gasteiger charge is 2.22. The molecule has 0 saturated heterocycles. The van der Waals surface area contributed by atoms with Gasteiger partial charge < -0.3 is 5.11 Å². The molecule has 0 aliphatic rings. The molecule has 2 aromatic rings. The molecule has 2 aromatic carbocycles. The molecular weight excluding hydrogens is 252 g/mol. The fraction of sp³-hybridized carbons (Fsp3) is 0.176. The number of carbonyl (C=O) groups is 2. The first-order valence-electron chi connectivity index (χ1n) is 6.37. The topological polar surface area (TPSA) is 54.4 Å². The third-order valence-electron chi connectivity index (χ3n) is 3.27. The zero-order valence-electron chi connectivity index (χ0n) is 11.7. The molecule has 3 heteroatoms. The maximum Gasteiger partial charge on any atom is 0.164 e. The average molecular weight is 268 g/mol. The molecule has 0 fully saturated rings. The van der Waals surface area contributed by atoms with Crippen LogP contribution < -0.4 is 0 Å². The predicted octanol–water partition coefficient (Wildman–Crippen LogP) is 3.77. The number of aromatic hydroxyl groups is 1. The fourth-order valence-corrected chi connectivity index (χ4v) is 2.50. The monoisotopic (exact) mass is 268 g/mol. The second-order valence-corrected chi connectivity index (χ2v) is 4.82. The van der Waals surface area contributed by atoms with Gasteiger partial charge in [0.2, 0.25) is 0 Å². The zero-order chi connectivity index (χ0) is 14.9. The van der Waals surface area contributed by atoms with Gasteiger partial charge >= 0.3 is 0 Å². The fourth-order valence-electron chi connectivity index (χ4n) is 2.50. The lowest BCUT2D eigenvalue weighted by Gasteiger charge is -2.16. The van der Waals surface area contributed by atoms with E-state index in [2.05, 4.69) is 0 Å². The van der Waals surface area contributed by atoms with Crippen molar-refractivity contribution in [3.05, 3.63) is 53.1 Å². The summed E-state index contributed by atoms with van der Waals surface area (Å²) in [5.41, 5.74) is 2.62. The van der Waals surface area contributed by atoms with E-state index in [4.69, 9.17) is 0 Å². The summed E-state index contributed by atoms with van der Waals surface area (Å²) in [6.45, 7) is 4.61. The Bertz CT molecular complexity index is 647. The number of hydrogen-bond acceptors (Lipinski definition) is 3. The molecule has 0 aromatic heterocycles. The summed E-state index contributed by atoms with van der Waals surface area (Å²) < 4.78 is 0. The molecule has 0 saturated carbocycles. The van der Waals surface area contributed by atoms with Gasteiger partial charge in [-0.25, -0.2) is 0 Å². The Hall–Kier alpha value is -2.42. The van der Waals surface area contributed by atoms with Crippen LogP contribution in [-0.4, -0.2) is 16.7 Å². The molecule has 0 atom stereocenters. The molecule has 0 radical (unpaired) electrons. The average Bonchev–Trinajstić information content (AvgIpc) is 2.37. The molecular formula is C17H16O3. The highest BCUT2D eigenvalue weighted by Crippen LogP contribution is 2.36. The van der Waals surface area contributed by atoms with E-state index >= 15 is 0 Å². The maximum absolute atomic E-state index is 12.0. The molecule has 0 amide bonds. The van der Waals surface area contributed by atoms with Crippen molar-refractivity contribution in [2.45, 2.75) is 20.8 Å². The van der Waals surface area contributed by atoms with E-state index < -0.39 is 0 Å². The van der Waals surface area contributed by atoms with Crippen LogP contribution in [0.25, 0.3) is 11.1 Å². The van der Waals surface area contributed by atoms with Crippen LogP contribution in [0, 0.1) is 6.92 Å². The van der Waals surface area contributed by atoms with Crippen LogP contribution in [0.4, 0.5) is 0 Å². The van der Waals surface area contributed by atoms with Crippen LogP contribution >= 0.6 is 0 Å². The Kier molecular flexibility index (Phi) is 3.70. The quantitative estimate of drug-likeness (QED) is 0.862. The number of phenols is 1. The number of hydrogen-bond donors (Lipinski definition) is 1. The molecule has 3 nitrogen and oxygen atoms in total. The summed E-state index contributed by atoms with van der Waals surface area (Å²) in [6, 6.07) is 10.7. The highest BCUT2D eigenvalue weighted by atomic mass is 16.3. The van der Waals surface area contributed by atoms with E-state index in [1.54, 1.807) is 6.92 Å². The summed E-state index contributed by atoms with van der Waals surface area (Å²) in [6.07, 6.45) is 0. The molecule has 0 unspecified atom stereocenters. The minimum Gasteiger partial charge on any atom is -0.507 e. The first kappa shape index (κ1) is 14.0. The lowest BCUT2D eigenvalue weighted by Crippen LogP contribution is -2.07. The Morgan fingerprint density at radius 3 is 2.00 bits per heavy atom. The second-order valence-electron chi connectivity index (χ2n) is 4.82. The predicted molar refractivity (Wildman–Crippen MR) is 78.3 cm³/mol. The summed E-state index contributed by atoms with van der Waals surface area (Å²) >= 11 is 0. The Morgan fingerprint density at radius 1 is 0.950 bits per heavy atom. The lowest BCUT2D eigenvalue weighted by atomic mass is 9.87. The SMILES string of the molecule is CC(=O)c1c(C)cc(O)c(C(C)=O)c1-c1ccccc1. The van der Waals surface area contributed by atoms with Gasteiger partial charge in [-0.15, -0.1) is 0 Å². The van der Waals surface area contributed by atoms with E-state index in [-0.39, 0.29) is 22.9 Å². The van der Waals surface area contributed by atoms with Gasteiger partial charge in [-0.2, -0.15) is 0 Å². The van der Waals surface area contributed by atoms with Gasteiger partial charge in [0, 0.05) is 11.1 Å². The summed E-state index contributed by atoms with van der Waals surface area (Å²) in [7, 11) is 0. The van der Waals surface area contributed by atoms with Crippen molar-refractivity contribution in [2.75, 3.05) is 0 Å². The van der Waals surface area contributed by atoms with E-state index in [0.29, 0.717) is 16.7 Å². The third-order valence-corrected chi connectivity index (χ3v) is 3.27. The van der Waals surface area contributed by atoms with Gasteiger partial charge in [0.05, 0.1) is 5.56 Å². The molecule has 20 heavy (non-hydrogen) atoms. The number of phenolic OH excluding ortho intramolecular Hbond substituents is 1. The van der Waals surface area contributed by atoms with Gasteiger partial charge in [0.15, 0.2) is 11.6 Å². The van der Waals surface area contributed by atoms with Crippen molar-refractivity contribution in [1.82, 2.24) is 0 Å². The van der Waals surface area contributed by atoms with Crippen molar-refractivity contribution in [1.29, 1.82) is 0 Å². The van der Waals surface area contributed by atoms with Gasteiger partial charge in [0.25, 0.3) is 0 Å². The molecule has 0 aliphatic carbocycles. The second kappa shape index (κ2) is 5.29. The van der Waals surface area contributed by atoms with Gasteiger partial charge in [0.1, 0.15) is 5.75 Å². The van der Waals surface area contributed by atoms with E-state index in [0.717, 1.165) is 5.56 Å². The third kappa shape index (κ3) is 2.35. The van der Waals surface area contributed by atoms with E-state index in [1.807, 2.05) is 30.3 Å². The molecule has 1 N–H and O–H groups in total. The lowest BCUT2D eigenvalue weighted by molar-refractivity contribution is 0.101. The molecule has 0 spiro atoms. The number of Topliss-reactive ketones (excluding diaryl/α,β-unsaturated/α-hetero) is 2. The standard InChI is InChI=1S/C17H16O3/c1-10-9-14(20)16(12(3)19)17(15(10)11(2)18)13-7-5-4-6-8-13/h4-9,20H,1-3H3. The minimum absolute atomic E-state index is 0.0844. The number of rotatable bonds is 3. The van der Waals surface area contributed by atoms with Crippen molar-refractivity contribution in [3.63, 3.8) is 0 Å².